The second-order valence-electron chi connectivity index (χ2n) is 3.94. The molecule has 4 N–H and O–H groups in total. The van der Waals surface area contributed by atoms with Gasteiger partial charge in [0.1, 0.15) is 0 Å². The first kappa shape index (κ1) is 19.7. The van der Waals surface area contributed by atoms with Crippen LogP contribution in [0.3, 0.4) is 0 Å². The molecule has 8 heteroatoms. The number of nitrogens with one attached hydrogen (secondary N) is 1. The van der Waals surface area contributed by atoms with Crippen LogP contribution in [0.15, 0.2) is 0 Å². The average Bonchev–Trinajstić information content (AvgIpc) is 2.29. The predicted octanol–water partition coefficient (Wildman–Crippen LogP) is -1.02. The van der Waals surface area contributed by atoms with E-state index in [4.69, 9.17) is 24.9 Å². The van der Waals surface area contributed by atoms with Gasteiger partial charge in [-0.05, 0) is 26.9 Å². The van der Waals surface area contributed by atoms with Crippen LogP contribution in [0.25, 0.3) is 0 Å². The number of aliphatic carboxylic acids is 2. The van der Waals surface area contributed by atoms with Crippen LogP contribution in [0.1, 0.15) is 19.3 Å². The number of rotatable bonds is 7. The minimum Gasteiger partial charge on any atom is -0.473 e. The molecule has 112 valence electrons. The van der Waals surface area contributed by atoms with Crippen molar-refractivity contribution in [2.75, 3.05) is 33.8 Å². The first-order chi connectivity index (χ1) is 8.81. The van der Waals surface area contributed by atoms with Gasteiger partial charge >= 0.3 is 11.9 Å². The fraction of sp³-hybridized carbons (Fsp3) is 0.727. The number of carbonyl (C=O) groups is 3. The molecule has 0 bridgehead atoms. The third-order valence-electron chi connectivity index (χ3n) is 1.88. The van der Waals surface area contributed by atoms with Crippen molar-refractivity contribution < 1.29 is 29.7 Å². The monoisotopic (exact) mass is 278 g/mol. The number of carbonyl (C=O) groups excluding carboxylic acids is 1. The Morgan fingerprint density at radius 3 is 1.95 bits per heavy atom. The maximum atomic E-state index is 11.1. The second-order valence-corrected chi connectivity index (χ2v) is 3.94. The zero-order valence-electron chi connectivity index (χ0n) is 11.3. The van der Waals surface area contributed by atoms with E-state index in [-0.39, 0.29) is 12.5 Å². The summed E-state index contributed by atoms with van der Waals surface area (Å²) in [7, 11) is 3.94. The van der Waals surface area contributed by atoms with E-state index in [1.165, 1.54) is 0 Å². The van der Waals surface area contributed by atoms with Crippen molar-refractivity contribution in [3.8, 4) is 0 Å². The number of hydrogen-bond acceptors (Lipinski definition) is 5. The van der Waals surface area contributed by atoms with Gasteiger partial charge in [0, 0.05) is 26.1 Å². The first-order valence-electron chi connectivity index (χ1n) is 5.79. The van der Waals surface area contributed by atoms with Crippen LogP contribution in [-0.2, 0) is 14.4 Å². The third-order valence-corrected chi connectivity index (χ3v) is 1.88. The van der Waals surface area contributed by atoms with Crippen molar-refractivity contribution in [3.63, 3.8) is 0 Å². The number of likely N-dealkylation sites (N-methyl/N-ethyl adjacent to an activating group) is 1. The zero-order chi connectivity index (χ0) is 15.3. The molecule has 0 atom stereocenters. The number of hydrogen-bond donors (Lipinski definition) is 4. The molecule has 0 radical (unpaired) electrons. The van der Waals surface area contributed by atoms with Gasteiger partial charge < -0.3 is 25.5 Å². The van der Waals surface area contributed by atoms with E-state index in [2.05, 4.69) is 5.32 Å². The second kappa shape index (κ2) is 12.8. The molecular weight excluding hydrogens is 256 g/mol. The number of aliphatic hydroxyl groups excluding tert-OH is 1. The van der Waals surface area contributed by atoms with Crippen molar-refractivity contribution in [1.29, 1.82) is 0 Å². The fourth-order valence-electron chi connectivity index (χ4n) is 0.905. The van der Waals surface area contributed by atoms with E-state index in [1.54, 1.807) is 0 Å². The SMILES string of the molecule is CN(C)CCNC(=O)CCCCO.O=C(O)C(=O)O. The van der Waals surface area contributed by atoms with Crippen LogP contribution in [0, 0.1) is 0 Å². The smallest absolute Gasteiger partial charge is 0.414 e. The van der Waals surface area contributed by atoms with Gasteiger partial charge in [0.15, 0.2) is 0 Å². The number of carboxylic acids is 2. The quantitative estimate of drug-likeness (QED) is 0.347. The third kappa shape index (κ3) is 18.9. The van der Waals surface area contributed by atoms with E-state index in [1.807, 2.05) is 19.0 Å². The molecule has 0 aromatic rings. The summed E-state index contributed by atoms with van der Waals surface area (Å²) in [6.07, 6.45) is 2.00. The van der Waals surface area contributed by atoms with E-state index in [0.29, 0.717) is 19.4 Å². The van der Waals surface area contributed by atoms with E-state index < -0.39 is 11.9 Å². The standard InChI is InChI=1S/C9H20N2O2.C2H2O4/c1-11(2)7-6-10-9(13)5-3-4-8-12;3-1(4)2(5)6/h12H,3-8H2,1-2H3,(H,10,13);(H,3,4)(H,5,6). The molecule has 0 unspecified atom stereocenters. The highest BCUT2D eigenvalue weighted by atomic mass is 16.4. The van der Waals surface area contributed by atoms with Crippen molar-refractivity contribution >= 4 is 17.8 Å². The summed E-state index contributed by atoms with van der Waals surface area (Å²) in [5, 5.41) is 26.1. The minimum absolute atomic E-state index is 0.0790. The Hall–Kier alpha value is -1.67. The Labute approximate surface area is 112 Å². The highest BCUT2D eigenvalue weighted by Crippen LogP contribution is 1.93. The molecule has 1 amide bonds. The Kier molecular flexibility index (Phi) is 13.2. The lowest BCUT2D eigenvalue weighted by atomic mass is 10.2. The number of carboxylic acid groups (broad SMARTS) is 2. The van der Waals surface area contributed by atoms with Gasteiger partial charge in [-0.25, -0.2) is 9.59 Å². The van der Waals surface area contributed by atoms with Crippen LogP contribution in [0.4, 0.5) is 0 Å². The summed E-state index contributed by atoms with van der Waals surface area (Å²) in [5.41, 5.74) is 0. The molecule has 0 heterocycles. The molecule has 0 fully saturated rings. The number of aliphatic hydroxyl groups is 1. The highest BCUT2D eigenvalue weighted by molar-refractivity contribution is 6.27. The van der Waals surface area contributed by atoms with Gasteiger partial charge in [-0.15, -0.1) is 0 Å². The van der Waals surface area contributed by atoms with E-state index in [0.717, 1.165) is 13.0 Å². The molecule has 0 aliphatic carbocycles. The van der Waals surface area contributed by atoms with Crippen LogP contribution < -0.4 is 5.32 Å². The van der Waals surface area contributed by atoms with Crippen molar-refractivity contribution in [1.82, 2.24) is 10.2 Å². The normalized spacial score (nSPS) is 9.47. The lowest BCUT2D eigenvalue weighted by Gasteiger charge is -2.09. The molecule has 0 aliphatic heterocycles. The maximum Gasteiger partial charge on any atom is 0.414 e. The fourth-order valence-corrected chi connectivity index (χ4v) is 0.905. The molecule has 0 saturated heterocycles. The molecule has 0 aromatic heterocycles. The Balaban J connectivity index is 0. The summed E-state index contributed by atoms with van der Waals surface area (Å²) in [5.74, 6) is -3.57. The Bertz CT molecular complexity index is 268. The van der Waals surface area contributed by atoms with Crippen LogP contribution >= 0.6 is 0 Å². The molecule has 0 saturated carbocycles. The lowest BCUT2D eigenvalue weighted by Crippen LogP contribution is -2.31. The molecule has 0 spiro atoms. The van der Waals surface area contributed by atoms with E-state index >= 15 is 0 Å². The van der Waals surface area contributed by atoms with Gasteiger partial charge in [0.05, 0.1) is 0 Å². The van der Waals surface area contributed by atoms with Crippen molar-refractivity contribution in [3.05, 3.63) is 0 Å². The van der Waals surface area contributed by atoms with E-state index in [9.17, 15) is 4.79 Å². The van der Waals surface area contributed by atoms with Gasteiger partial charge in [-0.1, -0.05) is 0 Å². The minimum atomic E-state index is -1.82. The first-order valence-corrected chi connectivity index (χ1v) is 5.79. The van der Waals surface area contributed by atoms with Crippen LogP contribution in [0.5, 0.6) is 0 Å². The number of amides is 1. The maximum absolute atomic E-state index is 11.1. The molecule has 0 aromatic carbocycles. The highest BCUT2D eigenvalue weighted by Gasteiger charge is 2.04. The van der Waals surface area contributed by atoms with Crippen molar-refractivity contribution in [2.24, 2.45) is 0 Å². The molecule has 19 heavy (non-hydrogen) atoms. The van der Waals surface area contributed by atoms with Crippen LogP contribution in [0.2, 0.25) is 0 Å². The summed E-state index contributed by atoms with van der Waals surface area (Å²) < 4.78 is 0. The Morgan fingerprint density at radius 1 is 1.05 bits per heavy atom. The summed E-state index contributed by atoms with van der Waals surface area (Å²) >= 11 is 0. The largest absolute Gasteiger partial charge is 0.473 e. The van der Waals surface area contributed by atoms with Gasteiger partial charge in [0.2, 0.25) is 5.91 Å². The van der Waals surface area contributed by atoms with Crippen LogP contribution in [-0.4, -0.2) is 71.9 Å². The number of nitrogens with zero attached hydrogens (tertiary/aromatic N) is 1. The Morgan fingerprint density at radius 2 is 1.58 bits per heavy atom. The molecular formula is C11H22N2O6. The molecule has 8 nitrogen and oxygen atoms in total. The van der Waals surface area contributed by atoms with Crippen molar-refractivity contribution in [2.45, 2.75) is 19.3 Å². The van der Waals surface area contributed by atoms with Gasteiger partial charge in [-0.3, -0.25) is 4.79 Å². The topological polar surface area (TPSA) is 127 Å². The predicted molar refractivity (Wildman–Crippen MR) is 67.8 cm³/mol. The summed E-state index contributed by atoms with van der Waals surface area (Å²) in [6.45, 7) is 1.74. The average molecular weight is 278 g/mol. The molecule has 0 aliphatic rings. The lowest BCUT2D eigenvalue weighted by molar-refractivity contribution is -0.159. The summed E-state index contributed by atoms with van der Waals surface area (Å²) in [4.78, 5) is 31.3. The molecule has 0 rings (SSSR count). The number of unbranched alkanes of at least 4 members (excludes halogenated alkanes) is 1. The summed E-state index contributed by atoms with van der Waals surface area (Å²) in [6, 6.07) is 0. The van der Waals surface area contributed by atoms with Gasteiger partial charge in [-0.2, -0.15) is 0 Å². The zero-order valence-corrected chi connectivity index (χ0v) is 11.3. The van der Waals surface area contributed by atoms with Gasteiger partial charge in [0.25, 0.3) is 0 Å².